The number of carbonyl (C=O) groups is 1. The number of esters is 1. The molecule has 0 aromatic carbocycles. The van der Waals surface area contributed by atoms with Gasteiger partial charge in [-0.1, -0.05) is 0 Å². The zero-order chi connectivity index (χ0) is 13.1. The molecule has 1 aromatic rings. The lowest BCUT2D eigenvalue weighted by Gasteiger charge is -2.20. The maximum atomic E-state index is 11.9. The summed E-state index contributed by atoms with van der Waals surface area (Å²) in [6.45, 7) is 2.51. The van der Waals surface area contributed by atoms with Crippen molar-refractivity contribution in [2.45, 2.75) is 13.5 Å². The van der Waals surface area contributed by atoms with Crippen LogP contribution in [0.25, 0.3) is 0 Å². The van der Waals surface area contributed by atoms with E-state index in [0.717, 1.165) is 14.4 Å². The molecule has 0 bridgehead atoms. The zero-order valence-corrected chi connectivity index (χ0v) is 12.8. The molecule has 0 atom stereocenters. The van der Waals surface area contributed by atoms with Gasteiger partial charge in [0.05, 0.1) is 15.9 Å². The molecule has 18 heavy (non-hydrogen) atoms. The Labute approximate surface area is 123 Å². The van der Waals surface area contributed by atoms with Gasteiger partial charge in [0, 0.05) is 10.6 Å². The highest BCUT2D eigenvalue weighted by atomic mass is 79.9. The number of nitrogens with one attached hydrogen (secondary N) is 2. The number of ether oxygens (including phenoxy) is 1. The van der Waals surface area contributed by atoms with E-state index in [-0.39, 0.29) is 12.6 Å². The van der Waals surface area contributed by atoms with E-state index in [1.165, 1.54) is 0 Å². The van der Waals surface area contributed by atoms with Gasteiger partial charge in [0.2, 0.25) is 0 Å². The second-order valence-electron chi connectivity index (χ2n) is 3.69. The van der Waals surface area contributed by atoms with E-state index in [2.05, 4.69) is 26.6 Å². The SMILES string of the molecule is CC1=C(C(=O)OCc2ccc(Br)s2)CNC(=S)N1. The molecule has 4 nitrogen and oxygen atoms in total. The summed E-state index contributed by atoms with van der Waals surface area (Å²) >= 11 is 9.87. The largest absolute Gasteiger partial charge is 0.457 e. The minimum absolute atomic E-state index is 0.288. The Morgan fingerprint density at radius 1 is 1.61 bits per heavy atom. The van der Waals surface area contributed by atoms with Crippen LogP contribution < -0.4 is 10.6 Å². The monoisotopic (exact) mass is 346 g/mol. The van der Waals surface area contributed by atoms with Gasteiger partial charge in [0.25, 0.3) is 0 Å². The van der Waals surface area contributed by atoms with Crippen molar-refractivity contribution in [1.82, 2.24) is 10.6 Å². The first-order chi connectivity index (χ1) is 8.56. The van der Waals surface area contributed by atoms with E-state index < -0.39 is 0 Å². The minimum Gasteiger partial charge on any atom is -0.457 e. The van der Waals surface area contributed by atoms with Crippen molar-refractivity contribution in [1.29, 1.82) is 0 Å². The van der Waals surface area contributed by atoms with Gasteiger partial charge < -0.3 is 15.4 Å². The molecule has 2 N–H and O–H groups in total. The van der Waals surface area contributed by atoms with E-state index in [1.54, 1.807) is 11.3 Å². The molecule has 96 valence electrons. The topological polar surface area (TPSA) is 50.4 Å². The Kier molecular flexibility index (Phi) is 4.36. The van der Waals surface area contributed by atoms with Crippen LogP contribution in [0.5, 0.6) is 0 Å². The van der Waals surface area contributed by atoms with Gasteiger partial charge in [-0.25, -0.2) is 4.79 Å². The van der Waals surface area contributed by atoms with Gasteiger partial charge in [-0.05, 0) is 47.2 Å². The Bertz CT molecular complexity index is 525. The molecule has 0 unspecified atom stereocenters. The van der Waals surface area contributed by atoms with E-state index in [4.69, 9.17) is 17.0 Å². The van der Waals surface area contributed by atoms with Crippen LogP contribution in [0.1, 0.15) is 11.8 Å². The predicted molar refractivity (Wildman–Crippen MR) is 78.3 cm³/mol. The number of carbonyl (C=O) groups excluding carboxylic acids is 1. The Balaban J connectivity index is 1.96. The number of rotatable bonds is 3. The summed E-state index contributed by atoms with van der Waals surface area (Å²) in [5.41, 5.74) is 1.33. The summed E-state index contributed by atoms with van der Waals surface area (Å²) in [6.07, 6.45) is 0. The number of hydrogen-bond donors (Lipinski definition) is 2. The molecule has 0 fully saturated rings. The fraction of sp³-hybridized carbons (Fsp3) is 0.273. The molecule has 1 aromatic heterocycles. The summed E-state index contributed by atoms with van der Waals surface area (Å²) < 4.78 is 6.28. The van der Waals surface area contributed by atoms with Gasteiger partial charge in [-0.3, -0.25) is 0 Å². The highest BCUT2D eigenvalue weighted by Gasteiger charge is 2.19. The molecular formula is C11H11BrN2O2S2. The van der Waals surface area contributed by atoms with Crippen LogP contribution in [-0.4, -0.2) is 17.6 Å². The second kappa shape index (κ2) is 5.81. The first-order valence-electron chi connectivity index (χ1n) is 5.22. The smallest absolute Gasteiger partial charge is 0.337 e. The number of halogens is 1. The molecule has 0 spiro atoms. The van der Waals surface area contributed by atoms with Gasteiger partial charge in [0.1, 0.15) is 6.61 Å². The molecule has 1 aliphatic heterocycles. The molecule has 0 amide bonds. The molecule has 1 aliphatic rings. The zero-order valence-electron chi connectivity index (χ0n) is 9.58. The number of thiocarbonyl (C=S) groups is 1. The third kappa shape index (κ3) is 3.30. The minimum atomic E-state index is -0.320. The van der Waals surface area contributed by atoms with Gasteiger partial charge >= 0.3 is 5.97 Å². The third-order valence-electron chi connectivity index (χ3n) is 2.40. The quantitative estimate of drug-likeness (QED) is 0.649. The van der Waals surface area contributed by atoms with Crippen LogP contribution in [0.15, 0.2) is 27.2 Å². The highest BCUT2D eigenvalue weighted by molar-refractivity contribution is 9.11. The summed E-state index contributed by atoms with van der Waals surface area (Å²) in [6, 6.07) is 3.86. The van der Waals surface area contributed by atoms with Crippen molar-refractivity contribution >= 4 is 50.6 Å². The molecule has 0 saturated heterocycles. The molecule has 2 rings (SSSR count). The lowest BCUT2D eigenvalue weighted by atomic mass is 10.2. The average Bonchev–Trinajstić information content (AvgIpc) is 2.72. The average molecular weight is 347 g/mol. The predicted octanol–water partition coefficient (Wildman–Crippen LogP) is 2.31. The van der Waals surface area contributed by atoms with Crippen LogP contribution in [0.3, 0.4) is 0 Å². The molecule has 0 saturated carbocycles. The van der Waals surface area contributed by atoms with Crippen LogP contribution in [0, 0.1) is 0 Å². The maximum absolute atomic E-state index is 11.9. The molecule has 2 heterocycles. The van der Waals surface area contributed by atoms with Crippen molar-refractivity contribution in [3.05, 3.63) is 32.1 Å². The number of allylic oxidation sites excluding steroid dienone is 1. The molecule has 7 heteroatoms. The normalized spacial score (nSPS) is 15.1. The van der Waals surface area contributed by atoms with Crippen molar-refractivity contribution < 1.29 is 9.53 Å². The lowest BCUT2D eigenvalue weighted by molar-refractivity contribution is -0.140. The number of hydrogen-bond acceptors (Lipinski definition) is 4. The fourth-order valence-corrected chi connectivity index (χ4v) is 3.09. The second-order valence-corrected chi connectivity index (χ2v) is 6.65. The standard InChI is InChI=1S/C11H11BrN2O2S2/c1-6-8(4-13-11(17)14-6)10(15)16-5-7-2-3-9(12)18-7/h2-3H,4-5H2,1H3,(H2,13,14,17). The van der Waals surface area contributed by atoms with Crippen molar-refractivity contribution in [3.8, 4) is 0 Å². The van der Waals surface area contributed by atoms with Crippen LogP contribution >= 0.6 is 39.5 Å². The summed E-state index contributed by atoms with van der Waals surface area (Å²) in [4.78, 5) is 12.9. The van der Waals surface area contributed by atoms with Crippen molar-refractivity contribution in [3.63, 3.8) is 0 Å². The summed E-state index contributed by atoms with van der Waals surface area (Å²) in [5.74, 6) is -0.320. The van der Waals surface area contributed by atoms with Crippen molar-refractivity contribution in [2.24, 2.45) is 0 Å². The Hall–Kier alpha value is -0.920. The van der Waals surface area contributed by atoms with E-state index >= 15 is 0 Å². The molecule has 0 aliphatic carbocycles. The highest BCUT2D eigenvalue weighted by Crippen LogP contribution is 2.23. The third-order valence-corrected chi connectivity index (χ3v) is 4.24. The Morgan fingerprint density at radius 3 is 3.00 bits per heavy atom. The molecular weight excluding hydrogens is 336 g/mol. The van der Waals surface area contributed by atoms with Crippen LogP contribution in [0.4, 0.5) is 0 Å². The van der Waals surface area contributed by atoms with E-state index in [9.17, 15) is 4.79 Å². The van der Waals surface area contributed by atoms with Crippen LogP contribution in [-0.2, 0) is 16.1 Å². The van der Waals surface area contributed by atoms with Crippen LogP contribution in [0.2, 0.25) is 0 Å². The summed E-state index contributed by atoms with van der Waals surface area (Å²) in [7, 11) is 0. The lowest BCUT2D eigenvalue weighted by Crippen LogP contribution is -2.42. The molecule has 0 radical (unpaired) electrons. The van der Waals surface area contributed by atoms with Gasteiger partial charge in [0.15, 0.2) is 5.11 Å². The van der Waals surface area contributed by atoms with Gasteiger partial charge in [-0.15, -0.1) is 11.3 Å². The first-order valence-corrected chi connectivity index (χ1v) is 7.24. The van der Waals surface area contributed by atoms with E-state index in [0.29, 0.717) is 17.2 Å². The first kappa shape index (κ1) is 13.5. The summed E-state index contributed by atoms with van der Waals surface area (Å²) in [5, 5.41) is 6.34. The fourth-order valence-electron chi connectivity index (χ4n) is 1.47. The van der Waals surface area contributed by atoms with E-state index in [1.807, 2.05) is 19.1 Å². The number of thiophene rings is 1. The Morgan fingerprint density at radius 2 is 2.39 bits per heavy atom. The van der Waals surface area contributed by atoms with Gasteiger partial charge in [-0.2, -0.15) is 0 Å². The van der Waals surface area contributed by atoms with Crippen molar-refractivity contribution in [2.75, 3.05) is 6.54 Å². The maximum Gasteiger partial charge on any atom is 0.337 e.